The van der Waals surface area contributed by atoms with Gasteiger partial charge in [-0.15, -0.1) is 0 Å². The maximum Gasteiger partial charge on any atom is -0.00258 e. The van der Waals surface area contributed by atoms with Gasteiger partial charge in [-0.25, -0.2) is 0 Å². The van der Waals surface area contributed by atoms with Gasteiger partial charge < -0.3 is 5.32 Å². The van der Waals surface area contributed by atoms with Crippen molar-refractivity contribution in [3.8, 4) is 0 Å². The lowest BCUT2D eigenvalue weighted by Crippen LogP contribution is -2.21. The Morgan fingerprint density at radius 1 is 1.20 bits per heavy atom. The first kappa shape index (κ1) is 12.3. The molecule has 0 radical (unpaired) electrons. The van der Waals surface area contributed by atoms with Crippen LogP contribution in [-0.2, 0) is 6.42 Å². The Hall–Kier alpha value is -0.820. The minimum absolute atomic E-state index is 0.753. The third-order valence-electron chi connectivity index (χ3n) is 2.61. The SMILES string of the molecule is Cc1ccccc1CCCNCC(C)C. The van der Waals surface area contributed by atoms with Crippen molar-refractivity contribution in [2.75, 3.05) is 13.1 Å². The topological polar surface area (TPSA) is 12.0 Å². The second kappa shape index (κ2) is 6.62. The summed E-state index contributed by atoms with van der Waals surface area (Å²) in [4.78, 5) is 0. The van der Waals surface area contributed by atoms with E-state index in [0.29, 0.717) is 0 Å². The van der Waals surface area contributed by atoms with Crippen LogP contribution in [0.1, 0.15) is 31.4 Å². The summed E-state index contributed by atoms with van der Waals surface area (Å²) in [5.74, 6) is 0.753. The fraction of sp³-hybridized carbons (Fsp3) is 0.571. The zero-order chi connectivity index (χ0) is 11.1. The van der Waals surface area contributed by atoms with Gasteiger partial charge in [-0.05, 0) is 49.9 Å². The first-order valence-electron chi connectivity index (χ1n) is 5.95. The van der Waals surface area contributed by atoms with Crippen LogP contribution in [0, 0.1) is 12.8 Å². The third-order valence-corrected chi connectivity index (χ3v) is 2.61. The molecule has 0 saturated carbocycles. The fourth-order valence-electron chi connectivity index (χ4n) is 1.69. The molecule has 84 valence electrons. The van der Waals surface area contributed by atoms with Crippen molar-refractivity contribution >= 4 is 0 Å². The van der Waals surface area contributed by atoms with E-state index in [1.54, 1.807) is 0 Å². The molecule has 0 aliphatic rings. The van der Waals surface area contributed by atoms with Crippen molar-refractivity contribution in [2.24, 2.45) is 5.92 Å². The molecule has 1 aromatic rings. The normalized spacial score (nSPS) is 10.9. The van der Waals surface area contributed by atoms with Crippen molar-refractivity contribution in [1.29, 1.82) is 0 Å². The van der Waals surface area contributed by atoms with Crippen LogP contribution in [0.2, 0.25) is 0 Å². The molecular formula is C14H23N. The van der Waals surface area contributed by atoms with Crippen molar-refractivity contribution in [2.45, 2.75) is 33.6 Å². The summed E-state index contributed by atoms with van der Waals surface area (Å²) in [5.41, 5.74) is 2.91. The van der Waals surface area contributed by atoms with Gasteiger partial charge in [0.15, 0.2) is 0 Å². The zero-order valence-corrected chi connectivity index (χ0v) is 10.2. The summed E-state index contributed by atoms with van der Waals surface area (Å²) in [6.07, 6.45) is 2.43. The molecule has 0 spiro atoms. The van der Waals surface area contributed by atoms with E-state index in [0.717, 1.165) is 19.0 Å². The van der Waals surface area contributed by atoms with E-state index in [-0.39, 0.29) is 0 Å². The van der Waals surface area contributed by atoms with Gasteiger partial charge in [0.25, 0.3) is 0 Å². The van der Waals surface area contributed by atoms with Crippen LogP contribution in [-0.4, -0.2) is 13.1 Å². The molecule has 0 aliphatic carbocycles. The van der Waals surface area contributed by atoms with E-state index >= 15 is 0 Å². The average Bonchev–Trinajstić information content (AvgIpc) is 2.20. The number of hydrogen-bond donors (Lipinski definition) is 1. The molecule has 0 aromatic heterocycles. The van der Waals surface area contributed by atoms with Gasteiger partial charge in [-0.2, -0.15) is 0 Å². The minimum atomic E-state index is 0.753. The number of rotatable bonds is 6. The minimum Gasteiger partial charge on any atom is -0.316 e. The lowest BCUT2D eigenvalue weighted by Gasteiger charge is -2.08. The first-order valence-corrected chi connectivity index (χ1v) is 5.95. The average molecular weight is 205 g/mol. The lowest BCUT2D eigenvalue weighted by molar-refractivity contribution is 0.543. The van der Waals surface area contributed by atoms with Gasteiger partial charge in [0.2, 0.25) is 0 Å². The van der Waals surface area contributed by atoms with Gasteiger partial charge in [0, 0.05) is 0 Å². The van der Waals surface area contributed by atoms with Crippen molar-refractivity contribution in [3.63, 3.8) is 0 Å². The van der Waals surface area contributed by atoms with Crippen LogP contribution < -0.4 is 5.32 Å². The fourth-order valence-corrected chi connectivity index (χ4v) is 1.69. The van der Waals surface area contributed by atoms with Crippen LogP contribution >= 0.6 is 0 Å². The maximum absolute atomic E-state index is 3.47. The van der Waals surface area contributed by atoms with Gasteiger partial charge in [0.05, 0.1) is 0 Å². The van der Waals surface area contributed by atoms with Gasteiger partial charge in [-0.1, -0.05) is 38.1 Å². The lowest BCUT2D eigenvalue weighted by atomic mass is 10.0. The quantitative estimate of drug-likeness (QED) is 0.703. The predicted molar refractivity (Wildman–Crippen MR) is 67.2 cm³/mol. The maximum atomic E-state index is 3.47. The van der Waals surface area contributed by atoms with Crippen LogP contribution in [0.4, 0.5) is 0 Å². The Labute approximate surface area is 93.9 Å². The number of hydrogen-bond acceptors (Lipinski definition) is 1. The van der Waals surface area contributed by atoms with E-state index in [1.165, 1.54) is 24.0 Å². The van der Waals surface area contributed by atoms with Crippen molar-refractivity contribution in [3.05, 3.63) is 35.4 Å². The monoisotopic (exact) mass is 205 g/mol. The highest BCUT2D eigenvalue weighted by molar-refractivity contribution is 5.25. The molecule has 0 amide bonds. The Bertz CT molecular complexity index is 278. The summed E-state index contributed by atoms with van der Waals surface area (Å²) < 4.78 is 0. The Kier molecular flexibility index (Phi) is 5.41. The Morgan fingerprint density at radius 2 is 1.93 bits per heavy atom. The van der Waals surface area contributed by atoms with E-state index in [9.17, 15) is 0 Å². The number of aryl methyl sites for hydroxylation is 2. The van der Waals surface area contributed by atoms with E-state index in [4.69, 9.17) is 0 Å². The van der Waals surface area contributed by atoms with E-state index in [1.807, 2.05) is 0 Å². The molecule has 0 bridgehead atoms. The standard InChI is InChI=1S/C14H23N/c1-12(2)11-15-10-6-9-14-8-5-4-7-13(14)3/h4-5,7-8,12,15H,6,9-11H2,1-3H3. The summed E-state index contributed by atoms with van der Waals surface area (Å²) >= 11 is 0. The summed E-state index contributed by atoms with van der Waals surface area (Å²) in [5, 5.41) is 3.47. The van der Waals surface area contributed by atoms with Crippen molar-refractivity contribution < 1.29 is 0 Å². The molecule has 0 heterocycles. The summed E-state index contributed by atoms with van der Waals surface area (Å²) in [6, 6.07) is 8.66. The highest BCUT2D eigenvalue weighted by Gasteiger charge is 1.97. The second-order valence-electron chi connectivity index (χ2n) is 4.63. The molecule has 1 rings (SSSR count). The molecule has 0 aliphatic heterocycles. The van der Waals surface area contributed by atoms with Gasteiger partial charge in [-0.3, -0.25) is 0 Å². The predicted octanol–water partition coefficient (Wildman–Crippen LogP) is 3.17. The Morgan fingerprint density at radius 3 is 2.60 bits per heavy atom. The van der Waals surface area contributed by atoms with Crippen LogP contribution in [0.3, 0.4) is 0 Å². The highest BCUT2D eigenvalue weighted by atomic mass is 14.8. The van der Waals surface area contributed by atoms with E-state index < -0.39 is 0 Å². The second-order valence-corrected chi connectivity index (χ2v) is 4.63. The molecule has 0 fully saturated rings. The summed E-state index contributed by atoms with van der Waals surface area (Å²) in [6.45, 7) is 8.94. The molecule has 15 heavy (non-hydrogen) atoms. The largest absolute Gasteiger partial charge is 0.316 e. The Balaban J connectivity index is 2.18. The molecule has 1 aromatic carbocycles. The van der Waals surface area contributed by atoms with Crippen LogP contribution in [0.15, 0.2) is 24.3 Å². The third kappa shape index (κ3) is 4.98. The number of benzene rings is 1. The first-order chi connectivity index (χ1) is 7.20. The summed E-state index contributed by atoms with van der Waals surface area (Å²) in [7, 11) is 0. The molecule has 0 atom stereocenters. The molecule has 0 unspecified atom stereocenters. The van der Waals surface area contributed by atoms with Crippen molar-refractivity contribution in [1.82, 2.24) is 5.32 Å². The number of nitrogens with one attached hydrogen (secondary N) is 1. The van der Waals surface area contributed by atoms with Gasteiger partial charge >= 0.3 is 0 Å². The smallest absolute Gasteiger partial charge is 0.00258 e. The molecular weight excluding hydrogens is 182 g/mol. The van der Waals surface area contributed by atoms with E-state index in [2.05, 4.69) is 50.4 Å². The zero-order valence-electron chi connectivity index (χ0n) is 10.2. The van der Waals surface area contributed by atoms with Crippen LogP contribution in [0.5, 0.6) is 0 Å². The molecule has 1 N–H and O–H groups in total. The van der Waals surface area contributed by atoms with Gasteiger partial charge in [0.1, 0.15) is 0 Å². The molecule has 1 nitrogen and oxygen atoms in total. The molecule has 1 heteroatoms. The van der Waals surface area contributed by atoms with Crippen LogP contribution in [0.25, 0.3) is 0 Å². The molecule has 0 saturated heterocycles. The highest BCUT2D eigenvalue weighted by Crippen LogP contribution is 2.08.